The Bertz CT molecular complexity index is 813. The Kier molecular flexibility index (Phi) is 4.47. The highest BCUT2D eigenvalue weighted by Crippen LogP contribution is 2.23. The van der Waals surface area contributed by atoms with Crippen LogP contribution >= 0.6 is 0 Å². The second-order valence-corrected chi connectivity index (χ2v) is 7.14. The van der Waals surface area contributed by atoms with Gasteiger partial charge in [-0.3, -0.25) is 9.59 Å². The largest absolute Gasteiger partial charge is 0.360 e. The van der Waals surface area contributed by atoms with Crippen LogP contribution in [-0.4, -0.2) is 44.0 Å². The summed E-state index contributed by atoms with van der Waals surface area (Å²) in [6.45, 7) is 5.53. The van der Waals surface area contributed by atoms with E-state index >= 15 is 0 Å². The van der Waals surface area contributed by atoms with Crippen molar-refractivity contribution in [2.75, 3.05) is 36.0 Å². The van der Waals surface area contributed by atoms with Gasteiger partial charge in [-0.1, -0.05) is 30.3 Å². The number of carbonyl (C=O) groups excluding carboxylic acids is 2. The van der Waals surface area contributed by atoms with Gasteiger partial charge in [0.1, 0.15) is 0 Å². The number of para-hydroxylation sites is 1. The molecule has 2 saturated heterocycles. The maximum Gasteiger partial charge on any atom is 0.292 e. The van der Waals surface area contributed by atoms with Crippen molar-refractivity contribution in [3.05, 3.63) is 60.2 Å². The van der Waals surface area contributed by atoms with Crippen molar-refractivity contribution in [2.45, 2.75) is 19.4 Å². The minimum atomic E-state index is -0.249. The van der Waals surface area contributed by atoms with Gasteiger partial charge in [-0.05, 0) is 36.8 Å². The van der Waals surface area contributed by atoms with Gasteiger partial charge in [0.05, 0.1) is 38.3 Å². The summed E-state index contributed by atoms with van der Waals surface area (Å²) in [6, 6.07) is 17.7. The Balaban J connectivity index is 1.45. The minimum absolute atomic E-state index is 0.0521. The van der Waals surface area contributed by atoms with Crippen LogP contribution < -0.4 is 14.7 Å². The third-order valence-corrected chi connectivity index (χ3v) is 5.43. The summed E-state index contributed by atoms with van der Waals surface area (Å²) in [5, 5.41) is 0. The second kappa shape index (κ2) is 6.92. The van der Waals surface area contributed by atoms with Crippen molar-refractivity contribution in [3.63, 3.8) is 0 Å². The van der Waals surface area contributed by atoms with Crippen LogP contribution in [0.1, 0.15) is 12.0 Å². The lowest BCUT2D eigenvalue weighted by atomic mass is 10.1. The van der Waals surface area contributed by atoms with Gasteiger partial charge in [-0.25, -0.2) is 4.90 Å². The van der Waals surface area contributed by atoms with E-state index in [1.54, 1.807) is 0 Å². The number of amides is 2. The Labute approximate surface area is 153 Å². The van der Waals surface area contributed by atoms with Crippen molar-refractivity contribution < 1.29 is 14.5 Å². The fourth-order valence-corrected chi connectivity index (χ4v) is 4.03. The summed E-state index contributed by atoms with van der Waals surface area (Å²) in [4.78, 5) is 30.4. The zero-order chi connectivity index (χ0) is 18.1. The number of quaternary nitrogens is 1. The Morgan fingerprint density at radius 1 is 0.923 bits per heavy atom. The van der Waals surface area contributed by atoms with Crippen molar-refractivity contribution in [1.29, 1.82) is 0 Å². The molecule has 26 heavy (non-hydrogen) atoms. The van der Waals surface area contributed by atoms with Crippen molar-refractivity contribution in [1.82, 2.24) is 0 Å². The molecular formula is C21H24N3O2+. The van der Waals surface area contributed by atoms with E-state index in [9.17, 15) is 9.59 Å². The summed E-state index contributed by atoms with van der Waals surface area (Å²) >= 11 is 0. The first kappa shape index (κ1) is 16.8. The Morgan fingerprint density at radius 2 is 1.62 bits per heavy atom. The molecule has 1 unspecified atom stereocenters. The van der Waals surface area contributed by atoms with Crippen molar-refractivity contribution >= 4 is 23.2 Å². The van der Waals surface area contributed by atoms with Crippen LogP contribution in [0.4, 0.5) is 11.4 Å². The summed E-state index contributed by atoms with van der Waals surface area (Å²) in [6.07, 6.45) is 0.313. The molecule has 4 rings (SSSR count). The molecule has 134 valence electrons. The molecule has 2 amide bonds. The molecule has 2 aromatic rings. The lowest BCUT2D eigenvalue weighted by molar-refractivity contribution is -0.915. The Hall–Kier alpha value is -2.66. The molecule has 1 N–H and O–H groups in total. The molecule has 5 nitrogen and oxygen atoms in total. The molecule has 0 aliphatic carbocycles. The van der Waals surface area contributed by atoms with Crippen LogP contribution in [0.3, 0.4) is 0 Å². The average molecular weight is 350 g/mol. The van der Waals surface area contributed by atoms with E-state index in [1.807, 2.05) is 49.4 Å². The van der Waals surface area contributed by atoms with Crippen molar-refractivity contribution in [2.24, 2.45) is 0 Å². The average Bonchev–Trinajstić information content (AvgIpc) is 2.97. The van der Waals surface area contributed by atoms with E-state index in [0.29, 0.717) is 12.1 Å². The predicted molar refractivity (Wildman–Crippen MR) is 101 cm³/mol. The van der Waals surface area contributed by atoms with Crippen LogP contribution in [0.25, 0.3) is 0 Å². The number of anilines is 2. The van der Waals surface area contributed by atoms with Crippen LogP contribution in [0.2, 0.25) is 0 Å². The lowest BCUT2D eigenvalue weighted by Gasteiger charge is -2.35. The molecular weight excluding hydrogens is 326 g/mol. The van der Waals surface area contributed by atoms with Crippen LogP contribution in [0, 0.1) is 6.92 Å². The molecule has 2 aromatic carbocycles. The number of hydrogen-bond acceptors (Lipinski definition) is 3. The van der Waals surface area contributed by atoms with E-state index in [1.165, 1.54) is 15.5 Å². The van der Waals surface area contributed by atoms with Gasteiger partial charge in [0.15, 0.2) is 6.04 Å². The molecule has 0 radical (unpaired) electrons. The summed E-state index contributed by atoms with van der Waals surface area (Å²) in [5.41, 5.74) is 2.97. The van der Waals surface area contributed by atoms with Gasteiger partial charge in [0, 0.05) is 5.69 Å². The van der Waals surface area contributed by atoms with E-state index in [2.05, 4.69) is 17.0 Å². The highest BCUT2D eigenvalue weighted by Gasteiger charge is 2.46. The molecule has 0 aromatic heterocycles. The quantitative estimate of drug-likeness (QED) is 0.841. The maximum atomic E-state index is 12.9. The molecule has 1 atom stereocenters. The molecule has 2 heterocycles. The predicted octanol–water partition coefficient (Wildman–Crippen LogP) is 1.03. The smallest absolute Gasteiger partial charge is 0.292 e. The van der Waals surface area contributed by atoms with Gasteiger partial charge in [-0.15, -0.1) is 0 Å². The number of rotatable bonds is 3. The number of benzene rings is 2. The SMILES string of the molecule is Cc1cccc(N2C(=O)CC([NH+]3CCN(c4ccccc4)CC3)C2=O)c1. The molecule has 2 fully saturated rings. The van der Waals surface area contributed by atoms with E-state index in [4.69, 9.17) is 0 Å². The number of aryl methyl sites for hydroxylation is 1. The van der Waals surface area contributed by atoms with Gasteiger partial charge in [0.25, 0.3) is 5.91 Å². The zero-order valence-electron chi connectivity index (χ0n) is 15.0. The van der Waals surface area contributed by atoms with Crippen LogP contribution in [-0.2, 0) is 9.59 Å². The summed E-state index contributed by atoms with van der Waals surface area (Å²) < 4.78 is 0. The topological polar surface area (TPSA) is 45.1 Å². The van der Waals surface area contributed by atoms with Gasteiger partial charge in [0.2, 0.25) is 5.91 Å². The molecule has 2 aliphatic rings. The monoisotopic (exact) mass is 350 g/mol. The van der Waals surface area contributed by atoms with Crippen LogP contribution in [0.15, 0.2) is 54.6 Å². The molecule has 0 bridgehead atoms. The fraction of sp³-hybridized carbons (Fsp3) is 0.333. The standard InChI is InChI=1S/C21H23N3O2/c1-16-6-5-9-18(14-16)24-20(25)15-19(21(24)26)23-12-10-22(11-13-23)17-7-3-2-4-8-17/h2-9,14,19H,10-13,15H2,1H3/p+1. The normalized spacial score (nSPS) is 21.5. The van der Waals surface area contributed by atoms with Gasteiger partial charge in [-0.2, -0.15) is 0 Å². The van der Waals surface area contributed by atoms with Crippen LogP contribution in [0.5, 0.6) is 0 Å². The lowest BCUT2D eigenvalue weighted by Crippen LogP contribution is -3.19. The first-order chi connectivity index (χ1) is 12.6. The number of carbonyl (C=O) groups is 2. The number of nitrogens with zero attached hydrogens (tertiary/aromatic N) is 2. The highest BCUT2D eigenvalue weighted by molar-refractivity contribution is 6.21. The Morgan fingerprint density at radius 3 is 2.31 bits per heavy atom. The van der Waals surface area contributed by atoms with E-state index in [0.717, 1.165) is 31.7 Å². The van der Waals surface area contributed by atoms with E-state index in [-0.39, 0.29) is 17.9 Å². The van der Waals surface area contributed by atoms with Gasteiger partial charge < -0.3 is 9.80 Å². The molecule has 0 saturated carbocycles. The van der Waals surface area contributed by atoms with E-state index < -0.39 is 0 Å². The molecule has 0 spiro atoms. The summed E-state index contributed by atoms with van der Waals surface area (Å²) in [5.74, 6) is -0.132. The number of hydrogen-bond donors (Lipinski definition) is 1. The molecule has 5 heteroatoms. The number of imide groups is 1. The first-order valence-electron chi connectivity index (χ1n) is 9.21. The number of piperazine rings is 1. The fourth-order valence-electron chi connectivity index (χ4n) is 4.03. The second-order valence-electron chi connectivity index (χ2n) is 7.14. The first-order valence-corrected chi connectivity index (χ1v) is 9.21. The van der Waals surface area contributed by atoms with Crippen molar-refractivity contribution in [3.8, 4) is 0 Å². The molecule has 2 aliphatic heterocycles. The number of nitrogens with one attached hydrogen (secondary N) is 1. The van der Waals surface area contributed by atoms with Gasteiger partial charge >= 0.3 is 0 Å². The maximum absolute atomic E-state index is 12.9. The summed E-state index contributed by atoms with van der Waals surface area (Å²) in [7, 11) is 0. The zero-order valence-corrected chi connectivity index (χ0v) is 15.0. The third kappa shape index (κ3) is 3.10. The third-order valence-electron chi connectivity index (χ3n) is 5.43. The minimum Gasteiger partial charge on any atom is -0.360 e. The highest BCUT2D eigenvalue weighted by atomic mass is 16.2.